The lowest BCUT2D eigenvalue weighted by Crippen LogP contribution is -2.29. The molecule has 3 heterocycles. The van der Waals surface area contributed by atoms with E-state index in [1.807, 2.05) is 18.2 Å². The van der Waals surface area contributed by atoms with E-state index < -0.39 is 6.04 Å². The molecule has 6 nitrogen and oxygen atoms in total. The fraction of sp³-hybridized carbons (Fsp3) is 0.0833. The summed E-state index contributed by atoms with van der Waals surface area (Å²) in [5.74, 6) is -0.671. The molecule has 2 N–H and O–H groups in total. The Morgan fingerprint density at radius 2 is 2.03 bits per heavy atom. The van der Waals surface area contributed by atoms with Gasteiger partial charge in [0.2, 0.25) is 5.91 Å². The van der Waals surface area contributed by atoms with Crippen molar-refractivity contribution < 1.29 is 9.18 Å². The van der Waals surface area contributed by atoms with Crippen molar-refractivity contribution in [3.8, 4) is 11.3 Å². The van der Waals surface area contributed by atoms with E-state index in [2.05, 4.69) is 25.5 Å². The number of hydrogen-bond acceptors (Lipinski definition) is 4. The van der Waals surface area contributed by atoms with E-state index in [1.165, 1.54) is 18.2 Å². The lowest BCUT2D eigenvalue weighted by Gasteiger charge is -2.17. The Kier molecular flexibility index (Phi) is 6.67. The molecular formula is C24H19ClFN5O. The molecule has 0 saturated carbocycles. The maximum atomic E-state index is 13.6. The molecule has 0 bridgehead atoms. The van der Waals surface area contributed by atoms with Gasteiger partial charge in [-0.1, -0.05) is 29.8 Å². The van der Waals surface area contributed by atoms with Gasteiger partial charge in [-0.3, -0.25) is 19.9 Å². The zero-order chi connectivity index (χ0) is 22.3. The van der Waals surface area contributed by atoms with E-state index in [0.29, 0.717) is 34.0 Å². The summed E-state index contributed by atoms with van der Waals surface area (Å²) in [4.78, 5) is 21.4. The Bertz CT molecular complexity index is 1240. The molecule has 0 radical (unpaired) electrons. The highest BCUT2D eigenvalue weighted by Gasteiger charge is 2.17. The van der Waals surface area contributed by atoms with Crippen LogP contribution in [0.25, 0.3) is 17.3 Å². The second-order valence-corrected chi connectivity index (χ2v) is 7.47. The predicted octanol–water partition coefficient (Wildman–Crippen LogP) is 4.77. The third-order valence-electron chi connectivity index (χ3n) is 4.75. The van der Waals surface area contributed by atoms with Crippen molar-refractivity contribution in [1.29, 1.82) is 0 Å². The smallest absolute Gasteiger partial charge is 0.244 e. The second kappa shape index (κ2) is 9.98. The minimum atomic E-state index is -0.423. The highest BCUT2D eigenvalue weighted by atomic mass is 35.5. The number of carbonyl (C=O) groups excluding carboxylic acids is 1. The van der Waals surface area contributed by atoms with Gasteiger partial charge in [0.25, 0.3) is 0 Å². The van der Waals surface area contributed by atoms with E-state index in [0.717, 1.165) is 5.69 Å². The first-order chi connectivity index (χ1) is 15.6. The van der Waals surface area contributed by atoms with Crippen molar-refractivity contribution >= 4 is 23.6 Å². The maximum absolute atomic E-state index is 13.6. The molecule has 0 fully saturated rings. The van der Waals surface area contributed by atoms with Crippen LogP contribution in [-0.4, -0.2) is 26.1 Å². The molecule has 4 rings (SSSR count). The zero-order valence-corrected chi connectivity index (χ0v) is 17.6. The van der Waals surface area contributed by atoms with Crippen molar-refractivity contribution in [2.45, 2.75) is 12.5 Å². The maximum Gasteiger partial charge on any atom is 0.244 e. The van der Waals surface area contributed by atoms with Crippen molar-refractivity contribution in [3.63, 3.8) is 0 Å². The molecule has 1 atom stereocenters. The Morgan fingerprint density at radius 3 is 2.81 bits per heavy atom. The van der Waals surface area contributed by atoms with Gasteiger partial charge in [0.15, 0.2) is 0 Å². The van der Waals surface area contributed by atoms with Crippen LogP contribution < -0.4 is 5.32 Å². The van der Waals surface area contributed by atoms with Crippen molar-refractivity contribution in [3.05, 3.63) is 107 Å². The summed E-state index contributed by atoms with van der Waals surface area (Å²) < 4.78 is 13.6. The number of amides is 1. The molecule has 1 unspecified atom stereocenters. The Hall–Kier alpha value is -3.84. The first-order valence-corrected chi connectivity index (χ1v) is 10.3. The minimum absolute atomic E-state index is 0.320. The van der Waals surface area contributed by atoms with Crippen molar-refractivity contribution in [1.82, 2.24) is 25.5 Å². The molecule has 160 valence electrons. The van der Waals surface area contributed by atoms with E-state index in [4.69, 9.17) is 11.6 Å². The van der Waals surface area contributed by atoms with Gasteiger partial charge in [-0.15, -0.1) is 0 Å². The summed E-state index contributed by atoms with van der Waals surface area (Å²) in [6, 6.07) is 14.7. The van der Waals surface area contributed by atoms with Gasteiger partial charge in [-0.05, 0) is 42.5 Å². The molecular weight excluding hydrogens is 429 g/mol. The van der Waals surface area contributed by atoms with Crippen LogP contribution in [0.1, 0.15) is 23.0 Å². The van der Waals surface area contributed by atoms with Crippen LogP contribution >= 0.6 is 11.6 Å². The number of benzene rings is 1. The van der Waals surface area contributed by atoms with Gasteiger partial charge in [0.05, 0.1) is 23.6 Å². The normalized spacial score (nSPS) is 12.1. The average Bonchev–Trinajstić information content (AvgIpc) is 3.27. The zero-order valence-electron chi connectivity index (χ0n) is 16.9. The highest BCUT2D eigenvalue weighted by Crippen LogP contribution is 2.23. The lowest BCUT2D eigenvalue weighted by atomic mass is 10.1. The Balaban J connectivity index is 1.53. The lowest BCUT2D eigenvalue weighted by molar-refractivity contribution is -0.117. The summed E-state index contributed by atoms with van der Waals surface area (Å²) in [7, 11) is 0. The molecule has 4 aromatic rings. The number of H-pyrrole nitrogens is 1. The van der Waals surface area contributed by atoms with Crippen LogP contribution in [0.4, 0.5) is 4.39 Å². The topological polar surface area (TPSA) is 83.6 Å². The summed E-state index contributed by atoms with van der Waals surface area (Å²) >= 11 is 6.12. The third kappa shape index (κ3) is 5.44. The number of nitrogens with one attached hydrogen (secondary N) is 2. The van der Waals surface area contributed by atoms with E-state index in [-0.39, 0.29) is 11.7 Å². The van der Waals surface area contributed by atoms with Crippen LogP contribution in [0.2, 0.25) is 5.02 Å². The Morgan fingerprint density at radius 1 is 1.12 bits per heavy atom. The van der Waals surface area contributed by atoms with Crippen molar-refractivity contribution in [2.75, 3.05) is 0 Å². The molecule has 3 aromatic heterocycles. The number of rotatable bonds is 7. The van der Waals surface area contributed by atoms with Crippen LogP contribution in [0.5, 0.6) is 0 Å². The second-order valence-electron chi connectivity index (χ2n) is 7.03. The number of pyridine rings is 2. The molecule has 1 amide bonds. The van der Waals surface area contributed by atoms with Crippen LogP contribution in [-0.2, 0) is 11.2 Å². The molecule has 0 aliphatic carbocycles. The molecule has 0 aliphatic rings. The minimum Gasteiger partial charge on any atom is -0.344 e. The first-order valence-electron chi connectivity index (χ1n) is 9.88. The number of halogens is 2. The fourth-order valence-corrected chi connectivity index (χ4v) is 3.42. The fourth-order valence-electron chi connectivity index (χ4n) is 3.25. The predicted molar refractivity (Wildman–Crippen MR) is 121 cm³/mol. The molecule has 0 spiro atoms. The van der Waals surface area contributed by atoms with Gasteiger partial charge in [0.1, 0.15) is 5.82 Å². The van der Waals surface area contributed by atoms with E-state index >= 15 is 0 Å². The largest absolute Gasteiger partial charge is 0.344 e. The van der Waals surface area contributed by atoms with Gasteiger partial charge in [-0.2, -0.15) is 5.10 Å². The van der Waals surface area contributed by atoms with Crippen molar-refractivity contribution in [2.24, 2.45) is 0 Å². The summed E-state index contributed by atoms with van der Waals surface area (Å²) in [6.45, 7) is 0. The van der Waals surface area contributed by atoms with Gasteiger partial charge >= 0.3 is 0 Å². The third-order valence-corrected chi connectivity index (χ3v) is 4.99. The number of nitrogens with zero attached hydrogens (tertiary/aromatic N) is 3. The monoisotopic (exact) mass is 447 g/mol. The van der Waals surface area contributed by atoms with E-state index in [1.54, 1.807) is 48.9 Å². The van der Waals surface area contributed by atoms with Crippen LogP contribution in [0, 0.1) is 5.82 Å². The summed E-state index contributed by atoms with van der Waals surface area (Å²) in [5, 5.41) is 10.4. The SMILES string of the molecule is O=C(C=Cc1cn[nH]c1-c1cccc(F)c1)NC(Cc1ccccn1)c1cc(Cl)ccn1. The molecule has 0 aliphatic heterocycles. The standard InChI is InChI=1S/C24H19ClFN5O/c25-18-9-11-28-21(13-18)22(14-20-6-1-2-10-27-20)30-23(32)8-7-17-15-29-31-24(17)16-4-3-5-19(26)12-16/h1-13,15,22H,14H2,(H,29,31)(H,30,32). The number of aromatic nitrogens is 4. The number of hydrogen-bond donors (Lipinski definition) is 2. The molecule has 8 heteroatoms. The molecule has 32 heavy (non-hydrogen) atoms. The quantitative estimate of drug-likeness (QED) is 0.399. The highest BCUT2D eigenvalue weighted by molar-refractivity contribution is 6.30. The van der Waals surface area contributed by atoms with Gasteiger partial charge in [0, 0.05) is 46.7 Å². The van der Waals surface area contributed by atoms with E-state index in [9.17, 15) is 9.18 Å². The average molecular weight is 448 g/mol. The first kappa shape index (κ1) is 21.4. The Labute approximate surface area is 189 Å². The number of carbonyl (C=O) groups is 1. The van der Waals surface area contributed by atoms with Gasteiger partial charge in [-0.25, -0.2) is 4.39 Å². The number of aromatic amines is 1. The van der Waals surface area contributed by atoms with Crippen LogP contribution in [0.3, 0.4) is 0 Å². The molecule has 1 aromatic carbocycles. The summed E-state index contributed by atoms with van der Waals surface area (Å²) in [6.07, 6.45) is 8.36. The van der Waals surface area contributed by atoms with Crippen LogP contribution in [0.15, 0.2) is 79.3 Å². The molecule has 0 saturated heterocycles. The van der Waals surface area contributed by atoms with Gasteiger partial charge < -0.3 is 5.32 Å². The summed E-state index contributed by atoms with van der Waals surface area (Å²) in [5.41, 5.74) is 3.36.